The normalized spacial score (nSPS) is 24.9. The topological polar surface area (TPSA) is 66.8 Å². The second kappa shape index (κ2) is 9.25. The second-order valence-corrected chi connectivity index (χ2v) is 6.26. The first-order chi connectivity index (χ1) is 11.2. The van der Waals surface area contributed by atoms with Crippen molar-refractivity contribution in [1.29, 1.82) is 0 Å². The smallest absolute Gasteiger partial charge is 0.471 e. The Morgan fingerprint density at radius 1 is 1.08 bits per heavy atom. The lowest BCUT2D eigenvalue weighted by Crippen LogP contribution is -2.53. The number of aliphatic carboxylic acids is 1. The highest BCUT2D eigenvalue weighted by Crippen LogP contribution is 2.35. The van der Waals surface area contributed by atoms with Crippen LogP contribution in [0.3, 0.4) is 0 Å². The van der Waals surface area contributed by atoms with Gasteiger partial charge in [-0.2, -0.15) is 13.2 Å². The van der Waals surface area contributed by atoms with Crippen molar-refractivity contribution in [2.24, 2.45) is 5.92 Å². The molecule has 1 saturated carbocycles. The predicted molar refractivity (Wildman–Crippen MR) is 81.5 cm³/mol. The standard InChI is InChI=1S/C13H18F3NO4.C3H8/c14-13(15,16)12(20)17(9-3-5-21-6-4-9)10-2-1-8(7-10)11(18)19;1-3-2/h8-10H,1-7H2,(H,18,19);3H2,1-2H3/t8-,10+;/m0./s1. The van der Waals surface area contributed by atoms with Gasteiger partial charge in [0, 0.05) is 25.3 Å². The van der Waals surface area contributed by atoms with Gasteiger partial charge in [0.25, 0.3) is 0 Å². The van der Waals surface area contributed by atoms with Crippen molar-refractivity contribution in [2.45, 2.75) is 70.6 Å². The van der Waals surface area contributed by atoms with Gasteiger partial charge in [0.15, 0.2) is 0 Å². The van der Waals surface area contributed by atoms with Crippen LogP contribution in [-0.4, -0.2) is 53.4 Å². The molecule has 1 amide bonds. The molecule has 0 aromatic carbocycles. The number of nitrogens with zero attached hydrogens (tertiary/aromatic N) is 1. The van der Waals surface area contributed by atoms with Crippen molar-refractivity contribution in [3.8, 4) is 0 Å². The molecule has 24 heavy (non-hydrogen) atoms. The van der Waals surface area contributed by atoms with Crippen molar-refractivity contribution in [2.75, 3.05) is 13.2 Å². The number of carbonyl (C=O) groups excluding carboxylic acids is 1. The highest BCUT2D eigenvalue weighted by molar-refractivity contribution is 5.82. The summed E-state index contributed by atoms with van der Waals surface area (Å²) in [5.74, 6) is -3.53. The average molecular weight is 353 g/mol. The van der Waals surface area contributed by atoms with E-state index in [1.54, 1.807) is 0 Å². The van der Waals surface area contributed by atoms with Gasteiger partial charge in [0.05, 0.1) is 5.92 Å². The number of ether oxygens (including phenoxy) is 1. The zero-order valence-corrected chi connectivity index (χ0v) is 14.1. The van der Waals surface area contributed by atoms with E-state index in [2.05, 4.69) is 13.8 Å². The Labute approximate surface area is 140 Å². The highest BCUT2D eigenvalue weighted by Gasteiger charge is 2.49. The Kier molecular flexibility index (Phi) is 7.99. The lowest BCUT2D eigenvalue weighted by molar-refractivity contribution is -0.192. The summed E-state index contributed by atoms with van der Waals surface area (Å²) in [7, 11) is 0. The maximum atomic E-state index is 12.8. The molecule has 2 fully saturated rings. The van der Waals surface area contributed by atoms with Crippen molar-refractivity contribution >= 4 is 11.9 Å². The summed E-state index contributed by atoms with van der Waals surface area (Å²) in [5.41, 5.74) is 0. The summed E-state index contributed by atoms with van der Waals surface area (Å²) in [4.78, 5) is 23.6. The Morgan fingerprint density at radius 2 is 1.62 bits per heavy atom. The zero-order valence-electron chi connectivity index (χ0n) is 14.1. The second-order valence-electron chi connectivity index (χ2n) is 6.26. The molecule has 0 bridgehead atoms. The summed E-state index contributed by atoms with van der Waals surface area (Å²) >= 11 is 0. The molecule has 5 nitrogen and oxygen atoms in total. The molecule has 2 aliphatic rings. The van der Waals surface area contributed by atoms with Crippen LogP contribution in [0.25, 0.3) is 0 Å². The van der Waals surface area contributed by atoms with E-state index in [0.717, 1.165) is 4.90 Å². The van der Waals surface area contributed by atoms with Crippen LogP contribution in [-0.2, 0) is 14.3 Å². The molecule has 1 aliphatic heterocycles. The van der Waals surface area contributed by atoms with E-state index in [-0.39, 0.29) is 6.42 Å². The van der Waals surface area contributed by atoms with Crippen LogP contribution >= 0.6 is 0 Å². The van der Waals surface area contributed by atoms with Crippen LogP contribution < -0.4 is 0 Å². The summed E-state index contributed by atoms with van der Waals surface area (Å²) in [6.45, 7) is 4.89. The van der Waals surface area contributed by atoms with Crippen molar-refractivity contribution in [3.63, 3.8) is 0 Å². The van der Waals surface area contributed by atoms with Crippen LogP contribution in [0.2, 0.25) is 0 Å². The van der Waals surface area contributed by atoms with Crippen molar-refractivity contribution in [1.82, 2.24) is 4.90 Å². The fraction of sp³-hybridized carbons (Fsp3) is 0.875. The van der Waals surface area contributed by atoms with Crippen molar-refractivity contribution in [3.05, 3.63) is 0 Å². The lowest BCUT2D eigenvalue weighted by Gasteiger charge is -2.38. The first kappa shape index (κ1) is 20.7. The maximum Gasteiger partial charge on any atom is 0.471 e. The molecule has 0 unspecified atom stereocenters. The fourth-order valence-corrected chi connectivity index (χ4v) is 3.17. The highest BCUT2D eigenvalue weighted by atomic mass is 19.4. The molecule has 2 atom stereocenters. The SMILES string of the molecule is CCC.O=C(O)[C@H]1CC[C@@H](N(C(=O)C(F)(F)F)C2CCOCC2)C1. The first-order valence-corrected chi connectivity index (χ1v) is 8.42. The van der Waals surface area contributed by atoms with Gasteiger partial charge < -0.3 is 14.7 Å². The van der Waals surface area contributed by atoms with Gasteiger partial charge in [0.1, 0.15) is 0 Å². The molecule has 1 N–H and O–H groups in total. The van der Waals surface area contributed by atoms with Gasteiger partial charge in [0.2, 0.25) is 0 Å². The number of halogens is 3. The quantitative estimate of drug-likeness (QED) is 0.846. The lowest BCUT2D eigenvalue weighted by atomic mass is 10.0. The summed E-state index contributed by atoms with van der Waals surface area (Å²) in [6.07, 6.45) is -2.26. The third-order valence-corrected chi connectivity index (χ3v) is 4.21. The predicted octanol–water partition coefficient (Wildman–Crippen LogP) is 3.23. The summed E-state index contributed by atoms with van der Waals surface area (Å²) < 4.78 is 43.6. The van der Waals surface area contributed by atoms with Crippen molar-refractivity contribution < 1.29 is 32.6 Å². The monoisotopic (exact) mass is 353 g/mol. The number of carboxylic acids is 1. The largest absolute Gasteiger partial charge is 0.481 e. The van der Waals surface area contributed by atoms with Crippen LogP contribution in [0.1, 0.15) is 52.4 Å². The van der Waals surface area contributed by atoms with Gasteiger partial charge in [-0.3, -0.25) is 9.59 Å². The Bertz CT molecular complexity index is 422. The van der Waals surface area contributed by atoms with E-state index in [1.165, 1.54) is 6.42 Å². The van der Waals surface area contributed by atoms with E-state index in [9.17, 15) is 22.8 Å². The number of amides is 1. The van der Waals surface area contributed by atoms with Gasteiger partial charge in [-0.15, -0.1) is 0 Å². The molecule has 1 aliphatic carbocycles. The minimum atomic E-state index is -4.93. The number of alkyl halides is 3. The average Bonchev–Trinajstić information content (AvgIpc) is 2.98. The van der Waals surface area contributed by atoms with E-state index < -0.39 is 36.1 Å². The molecule has 0 aromatic rings. The van der Waals surface area contributed by atoms with Gasteiger partial charge in [-0.1, -0.05) is 20.3 Å². The molecular formula is C16H26F3NO4. The Balaban J connectivity index is 0.000000891. The maximum absolute atomic E-state index is 12.8. The minimum Gasteiger partial charge on any atom is -0.481 e. The number of hydrogen-bond donors (Lipinski definition) is 1. The van der Waals surface area contributed by atoms with Crippen LogP contribution in [0.5, 0.6) is 0 Å². The molecule has 0 spiro atoms. The fourth-order valence-electron chi connectivity index (χ4n) is 3.17. The Morgan fingerprint density at radius 3 is 2.04 bits per heavy atom. The van der Waals surface area contributed by atoms with Crippen LogP contribution in [0.4, 0.5) is 13.2 Å². The number of carboxylic acid groups (broad SMARTS) is 1. The molecule has 1 saturated heterocycles. The van der Waals surface area contributed by atoms with E-state index >= 15 is 0 Å². The number of rotatable bonds is 3. The van der Waals surface area contributed by atoms with Crippen LogP contribution in [0, 0.1) is 5.92 Å². The van der Waals surface area contributed by atoms with Gasteiger partial charge >= 0.3 is 18.1 Å². The minimum absolute atomic E-state index is 0.0918. The summed E-state index contributed by atoms with van der Waals surface area (Å²) in [6, 6.07) is -1.17. The van der Waals surface area contributed by atoms with Crippen LogP contribution in [0.15, 0.2) is 0 Å². The summed E-state index contributed by atoms with van der Waals surface area (Å²) in [5, 5.41) is 8.98. The molecule has 2 rings (SSSR count). The zero-order chi connectivity index (χ0) is 18.3. The molecule has 1 heterocycles. The van der Waals surface area contributed by atoms with Gasteiger partial charge in [-0.25, -0.2) is 0 Å². The number of hydrogen-bond acceptors (Lipinski definition) is 3. The molecule has 8 heteroatoms. The third-order valence-electron chi connectivity index (χ3n) is 4.21. The van der Waals surface area contributed by atoms with E-state index in [0.29, 0.717) is 38.9 Å². The van der Waals surface area contributed by atoms with E-state index in [4.69, 9.17) is 9.84 Å². The Hall–Kier alpha value is -1.31. The third kappa shape index (κ3) is 5.65. The van der Waals surface area contributed by atoms with Gasteiger partial charge in [-0.05, 0) is 32.1 Å². The van der Waals surface area contributed by atoms with E-state index in [1.807, 2.05) is 0 Å². The molecule has 0 aromatic heterocycles. The number of carbonyl (C=O) groups is 2. The molecule has 0 radical (unpaired) electrons. The molecular weight excluding hydrogens is 327 g/mol. The first-order valence-electron chi connectivity index (χ1n) is 8.42. The molecule has 140 valence electrons.